The van der Waals surface area contributed by atoms with Gasteiger partial charge in [-0.25, -0.2) is 9.97 Å². The molecule has 0 fully saturated rings. The van der Waals surface area contributed by atoms with Crippen LogP contribution < -0.4 is 9.47 Å². The van der Waals surface area contributed by atoms with E-state index in [1.807, 2.05) is 0 Å². The highest BCUT2D eigenvalue weighted by atomic mass is 79.9. The second-order valence-electron chi connectivity index (χ2n) is 5.41. The van der Waals surface area contributed by atoms with E-state index in [1.165, 1.54) is 26.5 Å². The van der Waals surface area contributed by atoms with E-state index >= 15 is 0 Å². The van der Waals surface area contributed by atoms with E-state index in [0.717, 1.165) is 23.9 Å². The summed E-state index contributed by atoms with van der Waals surface area (Å²) in [6.07, 6.45) is -3.00. The Bertz CT molecular complexity index is 792. The van der Waals surface area contributed by atoms with Crippen LogP contribution in [0.25, 0.3) is 0 Å². The maximum absolute atomic E-state index is 12.8. The Hall–Kier alpha value is -1.52. The number of rotatable bonds is 6. The van der Waals surface area contributed by atoms with Crippen molar-refractivity contribution < 1.29 is 27.8 Å². The number of aliphatic hydroxyl groups is 1. The Balaban J connectivity index is 2.39. The van der Waals surface area contributed by atoms with Gasteiger partial charge in [-0.3, -0.25) is 0 Å². The standard InChI is InChI=1S/C16H16BrF3N2O3S/c1-15(8-23,12-7-21-13(24-2)14(22-12)25-3)26-11-5-4-9(6-10(11)17)16(18,19)20/h4-7,23H,8H2,1-3H3. The first-order valence-electron chi connectivity index (χ1n) is 7.26. The zero-order valence-electron chi connectivity index (χ0n) is 14.1. The fraction of sp³-hybridized carbons (Fsp3) is 0.375. The van der Waals surface area contributed by atoms with Crippen molar-refractivity contribution in [1.82, 2.24) is 9.97 Å². The molecule has 1 N–H and O–H groups in total. The molecule has 26 heavy (non-hydrogen) atoms. The molecule has 1 heterocycles. The molecule has 0 saturated heterocycles. The molecule has 142 valence electrons. The van der Waals surface area contributed by atoms with Gasteiger partial charge < -0.3 is 14.6 Å². The third kappa shape index (κ3) is 4.41. The predicted molar refractivity (Wildman–Crippen MR) is 94.6 cm³/mol. The van der Waals surface area contributed by atoms with Crippen LogP contribution in [0.5, 0.6) is 11.8 Å². The maximum Gasteiger partial charge on any atom is 0.416 e. The molecule has 0 spiro atoms. The van der Waals surface area contributed by atoms with Crippen LogP contribution in [0.1, 0.15) is 18.2 Å². The number of benzene rings is 1. The van der Waals surface area contributed by atoms with Gasteiger partial charge in [0.05, 0.1) is 43.0 Å². The van der Waals surface area contributed by atoms with Gasteiger partial charge in [0.1, 0.15) is 0 Å². The Morgan fingerprint density at radius 3 is 2.35 bits per heavy atom. The van der Waals surface area contributed by atoms with Crippen molar-refractivity contribution in [2.24, 2.45) is 0 Å². The summed E-state index contributed by atoms with van der Waals surface area (Å²) in [6, 6.07) is 3.34. The van der Waals surface area contributed by atoms with Crippen molar-refractivity contribution in [3.05, 3.63) is 40.1 Å². The third-order valence-electron chi connectivity index (χ3n) is 3.53. The normalized spacial score (nSPS) is 14.0. The Labute approximate surface area is 161 Å². The summed E-state index contributed by atoms with van der Waals surface area (Å²) < 4.78 is 47.9. The monoisotopic (exact) mass is 452 g/mol. The van der Waals surface area contributed by atoms with Crippen molar-refractivity contribution in [3.8, 4) is 11.8 Å². The second kappa shape index (κ2) is 8.01. The Morgan fingerprint density at radius 1 is 1.19 bits per heavy atom. The zero-order chi connectivity index (χ0) is 19.5. The summed E-state index contributed by atoms with van der Waals surface area (Å²) in [4.78, 5) is 8.92. The number of ether oxygens (including phenoxy) is 2. The highest BCUT2D eigenvalue weighted by molar-refractivity contribution is 9.10. The predicted octanol–water partition coefficient (Wildman–Crippen LogP) is 4.27. The van der Waals surface area contributed by atoms with E-state index in [-0.39, 0.29) is 22.8 Å². The van der Waals surface area contributed by atoms with Crippen molar-refractivity contribution in [1.29, 1.82) is 0 Å². The average molecular weight is 453 g/mol. The van der Waals surface area contributed by atoms with Crippen molar-refractivity contribution in [2.45, 2.75) is 22.7 Å². The number of hydrogen-bond acceptors (Lipinski definition) is 6. The maximum atomic E-state index is 12.8. The summed E-state index contributed by atoms with van der Waals surface area (Å²) >= 11 is 4.32. The molecule has 0 bridgehead atoms. The van der Waals surface area contributed by atoms with Crippen LogP contribution in [-0.4, -0.2) is 35.9 Å². The number of aromatic nitrogens is 2. The summed E-state index contributed by atoms with van der Waals surface area (Å²) in [5.41, 5.74) is -0.361. The van der Waals surface area contributed by atoms with Gasteiger partial charge in [-0.15, -0.1) is 11.8 Å². The number of methoxy groups -OCH3 is 2. The lowest BCUT2D eigenvalue weighted by Crippen LogP contribution is -2.24. The number of alkyl halides is 3. The van der Waals surface area contributed by atoms with Gasteiger partial charge in [-0.2, -0.15) is 13.2 Å². The summed E-state index contributed by atoms with van der Waals surface area (Å²) in [5, 5.41) is 9.91. The van der Waals surface area contributed by atoms with E-state index in [4.69, 9.17) is 9.47 Å². The van der Waals surface area contributed by atoms with Crippen LogP contribution in [0, 0.1) is 0 Å². The SMILES string of the molecule is COc1ncc(C(C)(CO)Sc2ccc(C(F)(F)F)cc2Br)nc1OC. The molecular weight excluding hydrogens is 437 g/mol. The van der Waals surface area contributed by atoms with Gasteiger partial charge >= 0.3 is 6.18 Å². The van der Waals surface area contributed by atoms with Gasteiger partial charge in [0.2, 0.25) is 0 Å². The number of nitrogens with zero attached hydrogens (tertiary/aromatic N) is 2. The molecule has 2 rings (SSSR count). The molecule has 0 aliphatic carbocycles. The minimum atomic E-state index is -4.43. The summed E-state index contributed by atoms with van der Waals surface area (Å²) in [7, 11) is 2.83. The molecule has 0 radical (unpaired) electrons. The molecule has 0 aliphatic rings. The highest BCUT2D eigenvalue weighted by Crippen LogP contribution is 2.45. The number of aliphatic hydroxyl groups excluding tert-OH is 1. The first-order valence-corrected chi connectivity index (χ1v) is 8.87. The number of hydrogen-bond donors (Lipinski definition) is 1. The lowest BCUT2D eigenvalue weighted by molar-refractivity contribution is -0.137. The number of halogens is 4. The van der Waals surface area contributed by atoms with Crippen molar-refractivity contribution in [3.63, 3.8) is 0 Å². The minimum absolute atomic E-state index is 0.150. The molecule has 0 amide bonds. The largest absolute Gasteiger partial charge is 0.477 e. The van der Waals surface area contributed by atoms with Gasteiger partial charge in [0, 0.05) is 9.37 Å². The quantitative estimate of drug-likeness (QED) is 0.660. The van der Waals surface area contributed by atoms with Crippen molar-refractivity contribution in [2.75, 3.05) is 20.8 Å². The zero-order valence-corrected chi connectivity index (χ0v) is 16.5. The smallest absolute Gasteiger partial charge is 0.416 e. The van der Waals surface area contributed by atoms with Gasteiger partial charge in [-0.1, -0.05) is 0 Å². The Morgan fingerprint density at radius 2 is 1.85 bits per heavy atom. The van der Waals surface area contributed by atoms with E-state index in [1.54, 1.807) is 6.92 Å². The topological polar surface area (TPSA) is 64.5 Å². The minimum Gasteiger partial charge on any atom is -0.477 e. The lowest BCUT2D eigenvalue weighted by Gasteiger charge is -2.27. The average Bonchev–Trinajstić information content (AvgIpc) is 2.61. The van der Waals surface area contributed by atoms with Crippen LogP contribution in [-0.2, 0) is 10.9 Å². The molecule has 1 aromatic carbocycles. The van der Waals surface area contributed by atoms with Crippen LogP contribution in [0.15, 0.2) is 33.8 Å². The fourth-order valence-electron chi connectivity index (χ4n) is 2.06. The van der Waals surface area contributed by atoms with Crippen LogP contribution >= 0.6 is 27.7 Å². The molecule has 0 aliphatic heterocycles. The molecule has 5 nitrogen and oxygen atoms in total. The van der Waals surface area contributed by atoms with E-state index in [2.05, 4.69) is 25.9 Å². The summed E-state index contributed by atoms with van der Waals surface area (Å²) in [5.74, 6) is 0.342. The van der Waals surface area contributed by atoms with Gasteiger partial charge in [-0.05, 0) is 41.1 Å². The summed E-state index contributed by atoms with van der Waals surface area (Å²) in [6.45, 7) is 1.38. The first kappa shape index (κ1) is 20.8. The van der Waals surface area contributed by atoms with Crippen LogP contribution in [0.4, 0.5) is 13.2 Å². The highest BCUT2D eigenvalue weighted by Gasteiger charge is 2.34. The van der Waals surface area contributed by atoms with Crippen molar-refractivity contribution >= 4 is 27.7 Å². The molecule has 1 atom stereocenters. The van der Waals surface area contributed by atoms with Gasteiger partial charge in [0.25, 0.3) is 11.8 Å². The second-order valence-corrected chi connectivity index (χ2v) is 7.81. The molecule has 0 saturated carbocycles. The molecule has 10 heteroatoms. The third-order valence-corrected chi connectivity index (χ3v) is 5.82. The lowest BCUT2D eigenvalue weighted by atomic mass is 10.1. The van der Waals surface area contributed by atoms with E-state index in [0.29, 0.717) is 10.6 Å². The molecule has 1 unspecified atom stereocenters. The number of thioether (sulfide) groups is 1. The van der Waals surface area contributed by atoms with Crippen LogP contribution in [0.2, 0.25) is 0 Å². The van der Waals surface area contributed by atoms with E-state index in [9.17, 15) is 18.3 Å². The van der Waals surface area contributed by atoms with Gasteiger partial charge in [0.15, 0.2) is 0 Å². The first-order chi connectivity index (χ1) is 12.1. The van der Waals surface area contributed by atoms with E-state index < -0.39 is 16.5 Å². The fourth-order valence-corrected chi connectivity index (χ4v) is 3.72. The Kier molecular flexibility index (Phi) is 6.41. The van der Waals surface area contributed by atoms with Crippen LogP contribution in [0.3, 0.4) is 0 Å². The molecule has 1 aromatic heterocycles. The molecule has 2 aromatic rings. The molecular formula is C16H16BrF3N2O3S.